The summed E-state index contributed by atoms with van der Waals surface area (Å²) in [4.78, 5) is 32.2. The minimum atomic E-state index is -0.833. The van der Waals surface area contributed by atoms with E-state index in [9.17, 15) is 14.0 Å². The van der Waals surface area contributed by atoms with E-state index in [2.05, 4.69) is 23.2 Å². The lowest BCUT2D eigenvalue weighted by Gasteiger charge is -2.24. The Bertz CT molecular complexity index is 2090. The lowest BCUT2D eigenvalue weighted by atomic mass is 9.96. The summed E-state index contributed by atoms with van der Waals surface area (Å²) in [6.45, 7) is 3.87. The summed E-state index contributed by atoms with van der Waals surface area (Å²) in [6.07, 6.45) is 1.75. The molecule has 1 aliphatic rings. The SMILES string of the molecule is CCOC(=O)C1=C(C)N=c2s/c(=C\c3cccc(OC)c3OCc3cccc4ccccc34)c(=O)n2[C@H]1c1ccc(F)cc1. The average Bonchev–Trinajstić information content (AvgIpc) is 3.33. The van der Waals surface area contributed by atoms with Crippen molar-refractivity contribution in [3.05, 3.63) is 138 Å². The number of aromatic nitrogens is 1. The summed E-state index contributed by atoms with van der Waals surface area (Å²) in [5.41, 5.74) is 2.55. The molecule has 5 aromatic rings. The normalized spacial score (nSPS) is 14.7. The van der Waals surface area contributed by atoms with Crippen LogP contribution in [0.3, 0.4) is 0 Å². The average molecular weight is 609 g/mol. The molecule has 0 radical (unpaired) electrons. The van der Waals surface area contributed by atoms with Crippen LogP contribution in [0.2, 0.25) is 0 Å². The third-order valence-electron chi connectivity index (χ3n) is 7.47. The molecule has 4 aromatic carbocycles. The van der Waals surface area contributed by atoms with Crippen LogP contribution in [0, 0.1) is 5.82 Å². The van der Waals surface area contributed by atoms with Gasteiger partial charge in [0.25, 0.3) is 5.56 Å². The number of methoxy groups -OCH3 is 1. The van der Waals surface area contributed by atoms with Crippen LogP contribution >= 0.6 is 11.3 Å². The molecule has 0 saturated heterocycles. The van der Waals surface area contributed by atoms with Crippen LogP contribution in [0.5, 0.6) is 11.5 Å². The van der Waals surface area contributed by atoms with Gasteiger partial charge < -0.3 is 14.2 Å². The second kappa shape index (κ2) is 12.3. The van der Waals surface area contributed by atoms with Gasteiger partial charge in [0.05, 0.1) is 35.6 Å². The number of thiazole rings is 1. The zero-order chi connectivity index (χ0) is 30.8. The molecular weight excluding hydrogens is 579 g/mol. The van der Waals surface area contributed by atoms with E-state index < -0.39 is 17.8 Å². The first-order chi connectivity index (χ1) is 21.4. The molecule has 6 rings (SSSR count). The van der Waals surface area contributed by atoms with Crippen LogP contribution in [0.25, 0.3) is 16.8 Å². The highest BCUT2D eigenvalue weighted by Gasteiger charge is 2.33. The Kier molecular flexibility index (Phi) is 8.13. The zero-order valence-electron chi connectivity index (χ0n) is 24.4. The number of hydrogen-bond acceptors (Lipinski definition) is 7. The highest BCUT2D eigenvalue weighted by molar-refractivity contribution is 7.07. The lowest BCUT2D eigenvalue weighted by molar-refractivity contribution is -0.139. The van der Waals surface area contributed by atoms with Crippen molar-refractivity contribution in [2.24, 2.45) is 4.99 Å². The van der Waals surface area contributed by atoms with Crippen LogP contribution in [0.4, 0.5) is 4.39 Å². The standard InChI is InChI=1S/C35H29FN2O5S/c1-4-42-34(40)30-21(2)37-35-38(31(30)23-15-17-26(36)18-16-23)33(39)29(44-35)19-24-11-8-14-28(41-3)32(24)43-20-25-12-7-10-22-9-5-6-13-27(22)25/h5-19,31H,4,20H2,1-3H3/b29-19-/t31-/m0/s1. The Morgan fingerprint density at radius 2 is 1.77 bits per heavy atom. The van der Waals surface area contributed by atoms with Crippen molar-refractivity contribution in [1.29, 1.82) is 0 Å². The Morgan fingerprint density at radius 3 is 2.55 bits per heavy atom. The molecule has 0 spiro atoms. The van der Waals surface area contributed by atoms with Gasteiger partial charge in [0.15, 0.2) is 16.3 Å². The van der Waals surface area contributed by atoms with E-state index in [0.29, 0.717) is 37.7 Å². The molecule has 1 aliphatic heterocycles. The van der Waals surface area contributed by atoms with Gasteiger partial charge in [-0.05, 0) is 60.0 Å². The lowest BCUT2D eigenvalue weighted by Crippen LogP contribution is -2.39. The van der Waals surface area contributed by atoms with Crippen LogP contribution in [-0.2, 0) is 16.1 Å². The highest BCUT2D eigenvalue weighted by Crippen LogP contribution is 2.34. The number of para-hydroxylation sites is 1. The molecule has 0 unspecified atom stereocenters. The number of carbonyl (C=O) groups is 1. The van der Waals surface area contributed by atoms with E-state index in [4.69, 9.17) is 14.2 Å². The molecule has 1 aromatic heterocycles. The molecule has 0 bridgehead atoms. The van der Waals surface area contributed by atoms with Crippen molar-refractivity contribution >= 4 is 34.2 Å². The first-order valence-electron chi connectivity index (χ1n) is 14.1. The summed E-state index contributed by atoms with van der Waals surface area (Å²) in [7, 11) is 1.57. The van der Waals surface area contributed by atoms with Crippen molar-refractivity contribution in [2.45, 2.75) is 26.5 Å². The summed E-state index contributed by atoms with van der Waals surface area (Å²) in [6, 6.07) is 24.6. The maximum absolute atomic E-state index is 14.1. The predicted octanol–water partition coefficient (Wildman–Crippen LogP) is 5.68. The first kappa shape index (κ1) is 29.1. The van der Waals surface area contributed by atoms with Crippen LogP contribution in [-0.4, -0.2) is 24.3 Å². The van der Waals surface area contributed by atoms with Gasteiger partial charge >= 0.3 is 5.97 Å². The van der Waals surface area contributed by atoms with Crippen molar-refractivity contribution in [3.63, 3.8) is 0 Å². The number of fused-ring (bicyclic) bond motifs is 2. The fourth-order valence-corrected chi connectivity index (χ4v) is 6.46. The molecule has 7 nitrogen and oxygen atoms in total. The summed E-state index contributed by atoms with van der Waals surface area (Å²) in [5.74, 6) is 0.0199. The van der Waals surface area contributed by atoms with E-state index in [1.165, 1.54) is 28.0 Å². The Balaban J connectivity index is 1.46. The van der Waals surface area contributed by atoms with E-state index in [1.807, 2.05) is 36.4 Å². The fourth-order valence-electron chi connectivity index (χ4n) is 5.42. The number of nitrogens with zero attached hydrogens (tertiary/aromatic N) is 2. The van der Waals surface area contributed by atoms with Gasteiger partial charge in [0.1, 0.15) is 12.4 Å². The minimum absolute atomic E-state index is 0.160. The predicted molar refractivity (Wildman–Crippen MR) is 168 cm³/mol. The Labute approximate surface area is 256 Å². The molecule has 1 atom stereocenters. The smallest absolute Gasteiger partial charge is 0.338 e. The van der Waals surface area contributed by atoms with E-state index in [-0.39, 0.29) is 24.3 Å². The van der Waals surface area contributed by atoms with Crippen LogP contribution < -0.4 is 24.4 Å². The molecule has 222 valence electrons. The maximum atomic E-state index is 14.1. The van der Waals surface area contributed by atoms with E-state index >= 15 is 0 Å². The Morgan fingerprint density at radius 1 is 1.02 bits per heavy atom. The molecule has 0 N–H and O–H groups in total. The molecule has 0 fully saturated rings. The largest absolute Gasteiger partial charge is 0.493 e. The third-order valence-corrected chi connectivity index (χ3v) is 8.45. The van der Waals surface area contributed by atoms with Gasteiger partial charge in [-0.3, -0.25) is 9.36 Å². The van der Waals surface area contributed by atoms with Crippen molar-refractivity contribution < 1.29 is 23.4 Å². The molecule has 9 heteroatoms. The monoisotopic (exact) mass is 608 g/mol. The van der Waals surface area contributed by atoms with E-state index in [1.54, 1.807) is 45.2 Å². The second-order valence-electron chi connectivity index (χ2n) is 10.2. The van der Waals surface area contributed by atoms with Gasteiger partial charge in [0, 0.05) is 5.56 Å². The van der Waals surface area contributed by atoms with E-state index in [0.717, 1.165) is 16.3 Å². The topological polar surface area (TPSA) is 79.1 Å². The van der Waals surface area contributed by atoms with Gasteiger partial charge in [-0.1, -0.05) is 78.1 Å². The van der Waals surface area contributed by atoms with Gasteiger partial charge in [0.2, 0.25) is 0 Å². The highest BCUT2D eigenvalue weighted by atomic mass is 32.1. The first-order valence-corrected chi connectivity index (χ1v) is 14.9. The van der Waals surface area contributed by atoms with Gasteiger partial charge in [-0.25, -0.2) is 14.2 Å². The summed E-state index contributed by atoms with van der Waals surface area (Å²) < 4.78 is 33.1. The second-order valence-corrected chi connectivity index (χ2v) is 11.2. The maximum Gasteiger partial charge on any atom is 0.338 e. The Hall–Kier alpha value is -5.02. The van der Waals surface area contributed by atoms with Crippen LogP contribution in [0.15, 0.2) is 106 Å². The quantitative estimate of drug-likeness (QED) is 0.212. The molecule has 0 saturated carbocycles. The number of esters is 1. The zero-order valence-corrected chi connectivity index (χ0v) is 25.2. The summed E-state index contributed by atoms with van der Waals surface area (Å²) in [5, 5.41) is 2.21. The fraction of sp³-hybridized carbons (Fsp3) is 0.171. The number of carbonyl (C=O) groups excluding carboxylic acids is 1. The third kappa shape index (κ3) is 5.42. The van der Waals surface area contributed by atoms with Gasteiger partial charge in [-0.2, -0.15) is 0 Å². The number of benzene rings is 4. The number of hydrogen-bond donors (Lipinski definition) is 0. The number of ether oxygens (including phenoxy) is 3. The number of halogens is 1. The van der Waals surface area contributed by atoms with Crippen molar-refractivity contribution in [2.75, 3.05) is 13.7 Å². The van der Waals surface area contributed by atoms with Gasteiger partial charge in [-0.15, -0.1) is 0 Å². The number of rotatable bonds is 8. The van der Waals surface area contributed by atoms with Crippen molar-refractivity contribution in [3.8, 4) is 11.5 Å². The number of allylic oxidation sites excluding steroid dienone is 1. The molecule has 44 heavy (non-hydrogen) atoms. The molecule has 0 amide bonds. The molecular formula is C35H29FN2O5S. The molecule has 2 heterocycles. The summed E-state index contributed by atoms with van der Waals surface area (Å²) >= 11 is 1.20. The van der Waals surface area contributed by atoms with Crippen molar-refractivity contribution in [1.82, 2.24) is 4.57 Å². The van der Waals surface area contributed by atoms with Crippen LogP contribution in [0.1, 0.15) is 36.6 Å². The minimum Gasteiger partial charge on any atom is -0.493 e. The molecule has 0 aliphatic carbocycles.